The van der Waals surface area contributed by atoms with Gasteiger partial charge in [0.15, 0.2) is 0 Å². The molecule has 0 aromatic heterocycles. The molecule has 0 atom stereocenters. The average Bonchev–Trinajstić information content (AvgIpc) is 2.41. The summed E-state index contributed by atoms with van der Waals surface area (Å²) >= 11 is 3.18. The third-order valence-corrected chi connectivity index (χ3v) is 3.38. The van der Waals surface area contributed by atoms with Crippen LogP contribution in [0.2, 0.25) is 0 Å². The van der Waals surface area contributed by atoms with Gasteiger partial charge in [0.2, 0.25) is 0 Å². The molecule has 0 aliphatic heterocycles. The molecule has 2 aromatic carbocycles. The van der Waals surface area contributed by atoms with Gasteiger partial charge in [0.05, 0.1) is 11.6 Å². The molecule has 2 aromatic rings. The maximum Gasteiger partial charge on any atom is 0.145 e. The zero-order valence-electron chi connectivity index (χ0n) is 9.91. The Morgan fingerprint density at radius 2 is 2.06 bits per heavy atom. The van der Waals surface area contributed by atoms with Crippen molar-refractivity contribution in [3.63, 3.8) is 0 Å². The predicted molar refractivity (Wildman–Crippen MR) is 74.0 cm³/mol. The third-order valence-electron chi connectivity index (χ3n) is 2.76. The number of halogens is 2. The predicted octanol–water partition coefficient (Wildman–Crippen LogP) is 3.72. The number of ether oxygens (including phenoxy) is 1. The summed E-state index contributed by atoms with van der Waals surface area (Å²) in [6, 6.07) is 10.7. The summed E-state index contributed by atoms with van der Waals surface area (Å²) in [5, 5.41) is 0. The van der Waals surface area contributed by atoms with Crippen LogP contribution in [-0.4, -0.2) is 7.11 Å². The Bertz CT molecular complexity index is 572. The lowest BCUT2D eigenvalue weighted by Crippen LogP contribution is -2.00. The molecule has 0 aliphatic carbocycles. The van der Waals surface area contributed by atoms with Gasteiger partial charge in [-0.2, -0.15) is 0 Å². The quantitative estimate of drug-likeness (QED) is 0.937. The van der Waals surface area contributed by atoms with Gasteiger partial charge in [-0.3, -0.25) is 0 Å². The molecule has 0 aliphatic rings. The highest BCUT2D eigenvalue weighted by Crippen LogP contribution is 2.30. The van der Waals surface area contributed by atoms with Crippen molar-refractivity contribution in [3.05, 3.63) is 52.3 Å². The highest BCUT2D eigenvalue weighted by Gasteiger charge is 2.10. The lowest BCUT2D eigenvalue weighted by molar-refractivity contribution is 0.410. The van der Waals surface area contributed by atoms with Crippen molar-refractivity contribution >= 4 is 15.9 Å². The van der Waals surface area contributed by atoms with E-state index >= 15 is 0 Å². The van der Waals surface area contributed by atoms with E-state index < -0.39 is 0 Å². The van der Waals surface area contributed by atoms with Crippen molar-refractivity contribution in [3.8, 4) is 16.9 Å². The molecule has 2 rings (SSSR count). The van der Waals surface area contributed by atoms with Gasteiger partial charge in [-0.15, -0.1) is 0 Å². The van der Waals surface area contributed by atoms with E-state index in [1.165, 1.54) is 0 Å². The van der Waals surface area contributed by atoms with Gasteiger partial charge in [0, 0.05) is 17.7 Å². The number of rotatable bonds is 3. The van der Waals surface area contributed by atoms with Crippen molar-refractivity contribution in [1.29, 1.82) is 0 Å². The summed E-state index contributed by atoms with van der Waals surface area (Å²) in [6.45, 7) is 0.354. The van der Waals surface area contributed by atoms with Gasteiger partial charge < -0.3 is 10.5 Å². The minimum atomic E-state index is -0.273. The second-order valence-corrected chi connectivity index (χ2v) is 4.69. The number of hydrogen-bond acceptors (Lipinski definition) is 2. The van der Waals surface area contributed by atoms with Crippen molar-refractivity contribution in [2.75, 3.05) is 7.11 Å². The zero-order valence-corrected chi connectivity index (χ0v) is 11.5. The summed E-state index contributed by atoms with van der Waals surface area (Å²) < 4.78 is 19.6. The van der Waals surface area contributed by atoms with E-state index in [9.17, 15) is 4.39 Å². The van der Waals surface area contributed by atoms with Crippen LogP contribution >= 0.6 is 15.9 Å². The summed E-state index contributed by atoms with van der Waals surface area (Å²) in [5.41, 5.74) is 7.84. The molecule has 0 amide bonds. The molecule has 0 fully saturated rings. The first-order valence-electron chi connectivity index (χ1n) is 5.48. The number of hydrogen-bond donors (Lipinski definition) is 1. The van der Waals surface area contributed by atoms with Crippen molar-refractivity contribution < 1.29 is 9.13 Å². The van der Waals surface area contributed by atoms with E-state index in [0.29, 0.717) is 16.6 Å². The molecule has 0 radical (unpaired) electrons. The lowest BCUT2D eigenvalue weighted by atomic mass is 10.0. The van der Waals surface area contributed by atoms with Gasteiger partial charge in [-0.05, 0) is 39.7 Å². The second-order valence-electron chi connectivity index (χ2n) is 3.83. The highest BCUT2D eigenvalue weighted by atomic mass is 79.9. The Morgan fingerprint density at radius 1 is 1.28 bits per heavy atom. The van der Waals surface area contributed by atoms with Gasteiger partial charge in [-0.25, -0.2) is 4.39 Å². The number of nitrogens with two attached hydrogens (primary N) is 1. The van der Waals surface area contributed by atoms with Crippen LogP contribution in [-0.2, 0) is 6.54 Å². The molecule has 0 spiro atoms. The Morgan fingerprint density at radius 3 is 2.72 bits per heavy atom. The van der Waals surface area contributed by atoms with Gasteiger partial charge in [0.25, 0.3) is 0 Å². The monoisotopic (exact) mass is 309 g/mol. The minimum Gasteiger partial charge on any atom is -0.496 e. The smallest absolute Gasteiger partial charge is 0.145 e. The maximum absolute atomic E-state index is 14.0. The average molecular weight is 310 g/mol. The fourth-order valence-electron chi connectivity index (χ4n) is 1.83. The molecule has 2 nitrogen and oxygen atoms in total. The van der Waals surface area contributed by atoms with Crippen LogP contribution in [0, 0.1) is 5.82 Å². The molecule has 0 saturated heterocycles. The van der Waals surface area contributed by atoms with Crippen LogP contribution < -0.4 is 10.5 Å². The minimum absolute atomic E-state index is 0.273. The maximum atomic E-state index is 14.0. The lowest BCUT2D eigenvalue weighted by Gasteiger charge is -2.10. The third kappa shape index (κ3) is 2.40. The zero-order chi connectivity index (χ0) is 13.1. The van der Waals surface area contributed by atoms with Crippen LogP contribution in [0.1, 0.15) is 5.56 Å². The normalized spacial score (nSPS) is 10.4. The van der Waals surface area contributed by atoms with Gasteiger partial charge in [0.1, 0.15) is 11.6 Å². The summed E-state index contributed by atoms with van der Waals surface area (Å²) in [6.07, 6.45) is 0. The molecular weight excluding hydrogens is 297 g/mol. The first-order chi connectivity index (χ1) is 8.67. The van der Waals surface area contributed by atoms with Crippen molar-refractivity contribution in [2.24, 2.45) is 5.73 Å². The highest BCUT2D eigenvalue weighted by molar-refractivity contribution is 9.10. The molecular formula is C14H13BrFNO. The van der Waals surface area contributed by atoms with Crippen LogP contribution in [0.25, 0.3) is 11.1 Å². The molecule has 2 N–H and O–H groups in total. The Labute approximate surface area is 114 Å². The first-order valence-corrected chi connectivity index (χ1v) is 6.28. The molecule has 0 unspecified atom stereocenters. The van der Waals surface area contributed by atoms with Crippen molar-refractivity contribution in [1.82, 2.24) is 0 Å². The summed E-state index contributed by atoms with van der Waals surface area (Å²) in [5.74, 6) is 0.447. The molecule has 18 heavy (non-hydrogen) atoms. The Balaban J connectivity index is 2.54. The van der Waals surface area contributed by atoms with E-state index in [1.807, 2.05) is 12.1 Å². The van der Waals surface area contributed by atoms with Gasteiger partial charge in [-0.1, -0.05) is 18.2 Å². The van der Waals surface area contributed by atoms with E-state index in [-0.39, 0.29) is 5.82 Å². The first kappa shape index (κ1) is 13.1. The van der Waals surface area contributed by atoms with E-state index in [4.69, 9.17) is 10.5 Å². The summed E-state index contributed by atoms with van der Waals surface area (Å²) in [4.78, 5) is 0. The SMILES string of the molecule is COc1ccc(-c2cccc(Br)c2F)cc1CN. The van der Waals surface area contributed by atoms with Gasteiger partial charge >= 0.3 is 0 Å². The molecule has 0 bridgehead atoms. The fraction of sp³-hybridized carbons (Fsp3) is 0.143. The Hall–Kier alpha value is -1.39. The fourth-order valence-corrected chi connectivity index (χ4v) is 2.20. The van der Waals surface area contributed by atoms with E-state index in [2.05, 4.69) is 15.9 Å². The van der Waals surface area contributed by atoms with Crippen LogP contribution in [0.3, 0.4) is 0 Å². The molecule has 0 heterocycles. The van der Waals surface area contributed by atoms with Crippen LogP contribution in [0.5, 0.6) is 5.75 Å². The van der Waals surface area contributed by atoms with E-state index in [1.54, 1.807) is 31.4 Å². The topological polar surface area (TPSA) is 35.2 Å². The molecule has 4 heteroatoms. The number of methoxy groups -OCH3 is 1. The molecule has 0 saturated carbocycles. The number of benzene rings is 2. The second kappa shape index (κ2) is 5.50. The van der Waals surface area contributed by atoms with Crippen LogP contribution in [0.4, 0.5) is 4.39 Å². The van der Waals surface area contributed by atoms with E-state index in [0.717, 1.165) is 16.9 Å². The standard InChI is InChI=1S/C14H13BrFNO/c1-18-13-6-5-9(7-10(13)8-17)11-3-2-4-12(15)14(11)16/h2-7H,8,17H2,1H3. The van der Waals surface area contributed by atoms with Crippen LogP contribution in [0.15, 0.2) is 40.9 Å². The summed E-state index contributed by atoms with van der Waals surface area (Å²) in [7, 11) is 1.59. The molecule has 94 valence electrons. The Kier molecular flexibility index (Phi) is 3.99. The largest absolute Gasteiger partial charge is 0.496 e. The van der Waals surface area contributed by atoms with Crippen molar-refractivity contribution in [2.45, 2.75) is 6.54 Å².